The molecule has 0 aliphatic heterocycles. The molecule has 0 saturated heterocycles. The number of anilines is 1. The van der Waals surface area contributed by atoms with Gasteiger partial charge in [-0.1, -0.05) is 48.5 Å². The summed E-state index contributed by atoms with van der Waals surface area (Å²) in [5, 5.41) is 14.7. The summed E-state index contributed by atoms with van der Waals surface area (Å²) in [6.45, 7) is 1.93. The Kier molecular flexibility index (Phi) is 3.32. The van der Waals surface area contributed by atoms with Gasteiger partial charge in [0.25, 0.3) is 5.91 Å². The molecule has 2 N–H and O–H groups in total. The highest BCUT2D eigenvalue weighted by Gasteiger charge is 2.14. The van der Waals surface area contributed by atoms with Crippen LogP contribution in [0, 0.1) is 6.92 Å². The molecule has 0 radical (unpaired) electrons. The molecular weight excluding hydrogens is 262 g/mol. The Morgan fingerprint density at radius 3 is 2.48 bits per heavy atom. The molecule has 3 rings (SSSR count). The van der Waals surface area contributed by atoms with Crippen molar-refractivity contribution >= 4 is 22.4 Å². The molecule has 1 amide bonds. The van der Waals surface area contributed by atoms with Gasteiger partial charge < -0.3 is 10.4 Å². The topological polar surface area (TPSA) is 49.3 Å². The Hall–Kier alpha value is -2.81. The third-order valence-corrected chi connectivity index (χ3v) is 3.54. The molecule has 3 aromatic rings. The molecule has 3 nitrogen and oxygen atoms in total. The van der Waals surface area contributed by atoms with Gasteiger partial charge in [0.15, 0.2) is 0 Å². The summed E-state index contributed by atoms with van der Waals surface area (Å²) in [4.78, 5) is 12.4. The third-order valence-electron chi connectivity index (χ3n) is 3.54. The lowest BCUT2D eigenvalue weighted by Crippen LogP contribution is -2.13. The second-order valence-corrected chi connectivity index (χ2v) is 4.95. The fourth-order valence-corrected chi connectivity index (χ4v) is 2.34. The zero-order valence-electron chi connectivity index (χ0n) is 11.6. The van der Waals surface area contributed by atoms with Crippen molar-refractivity contribution in [2.75, 3.05) is 5.32 Å². The van der Waals surface area contributed by atoms with Gasteiger partial charge in [0, 0.05) is 11.1 Å². The second-order valence-electron chi connectivity index (χ2n) is 4.95. The minimum atomic E-state index is -0.312. The van der Waals surface area contributed by atoms with E-state index >= 15 is 0 Å². The minimum absolute atomic E-state index is 0.0131. The molecule has 0 fully saturated rings. The van der Waals surface area contributed by atoms with Gasteiger partial charge >= 0.3 is 0 Å². The number of para-hydroxylation sites is 1. The monoisotopic (exact) mass is 277 g/mol. The van der Waals surface area contributed by atoms with Gasteiger partial charge in [0.2, 0.25) is 0 Å². The Balaban J connectivity index is 1.99. The Morgan fingerprint density at radius 1 is 0.952 bits per heavy atom. The van der Waals surface area contributed by atoms with Crippen molar-refractivity contribution in [2.45, 2.75) is 6.92 Å². The van der Waals surface area contributed by atoms with Crippen molar-refractivity contribution < 1.29 is 9.90 Å². The molecule has 3 heteroatoms. The van der Waals surface area contributed by atoms with Crippen LogP contribution in [0.15, 0.2) is 60.7 Å². The third kappa shape index (κ3) is 2.46. The van der Waals surface area contributed by atoms with Gasteiger partial charge in [-0.2, -0.15) is 0 Å². The Morgan fingerprint density at radius 2 is 1.67 bits per heavy atom. The number of rotatable bonds is 2. The molecule has 0 aliphatic carbocycles. The van der Waals surface area contributed by atoms with Gasteiger partial charge in [0.05, 0.1) is 5.56 Å². The summed E-state index contributed by atoms with van der Waals surface area (Å²) < 4.78 is 0. The number of fused-ring (bicyclic) bond motifs is 1. The van der Waals surface area contributed by atoms with E-state index in [0.29, 0.717) is 5.39 Å². The summed E-state index contributed by atoms with van der Waals surface area (Å²) in [5.41, 5.74) is 2.00. The Bertz CT molecular complexity index is 824. The van der Waals surface area contributed by atoms with Crippen LogP contribution in [-0.4, -0.2) is 11.0 Å². The zero-order valence-corrected chi connectivity index (χ0v) is 11.6. The van der Waals surface area contributed by atoms with Crippen molar-refractivity contribution in [3.05, 3.63) is 71.8 Å². The number of phenols is 1. The molecule has 3 aromatic carbocycles. The number of amides is 1. The van der Waals surface area contributed by atoms with Crippen LogP contribution in [-0.2, 0) is 0 Å². The summed E-state index contributed by atoms with van der Waals surface area (Å²) in [6, 6.07) is 18.5. The van der Waals surface area contributed by atoms with Crippen molar-refractivity contribution in [2.24, 2.45) is 0 Å². The first kappa shape index (κ1) is 13.2. The summed E-state index contributed by atoms with van der Waals surface area (Å²) >= 11 is 0. The number of aryl methyl sites for hydroxylation is 1. The quantitative estimate of drug-likeness (QED) is 0.740. The van der Waals surface area contributed by atoms with Gasteiger partial charge in [-0.3, -0.25) is 4.79 Å². The van der Waals surface area contributed by atoms with Gasteiger partial charge in [0.1, 0.15) is 5.75 Å². The summed E-state index contributed by atoms with van der Waals surface area (Å²) in [7, 11) is 0. The predicted octanol–water partition coefficient (Wildman–Crippen LogP) is 4.11. The van der Waals surface area contributed by atoms with Crippen LogP contribution in [0.4, 0.5) is 5.69 Å². The molecule has 0 aromatic heterocycles. The predicted molar refractivity (Wildman–Crippen MR) is 84.7 cm³/mol. The van der Waals surface area contributed by atoms with Crippen LogP contribution in [0.5, 0.6) is 5.75 Å². The van der Waals surface area contributed by atoms with Crippen LogP contribution < -0.4 is 5.32 Å². The number of nitrogens with one attached hydrogen (secondary N) is 1. The first-order valence-corrected chi connectivity index (χ1v) is 6.74. The van der Waals surface area contributed by atoms with Gasteiger partial charge in [-0.05, 0) is 30.0 Å². The summed E-state index contributed by atoms with van der Waals surface area (Å²) in [5.74, 6) is -0.299. The van der Waals surface area contributed by atoms with Crippen LogP contribution in [0.2, 0.25) is 0 Å². The molecule has 0 spiro atoms. The highest BCUT2D eigenvalue weighted by Crippen LogP contribution is 2.29. The molecule has 104 valence electrons. The van der Waals surface area contributed by atoms with E-state index in [1.54, 1.807) is 12.1 Å². The summed E-state index contributed by atoms with van der Waals surface area (Å²) in [6.07, 6.45) is 0. The fourth-order valence-electron chi connectivity index (χ4n) is 2.34. The lowest BCUT2D eigenvalue weighted by atomic mass is 10.0. The lowest BCUT2D eigenvalue weighted by molar-refractivity contribution is 0.102. The van der Waals surface area contributed by atoms with Crippen molar-refractivity contribution in [3.8, 4) is 5.75 Å². The van der Waals surface area contributed by atoms with E-state index in [1.165, 1.54) is 0 Å². The lowest BCUT2D eigenvalue weighted by Gasteiger charge is -2.10. The second kappa shape index (κ2) is 5.29. The molecule has 0 unspecified atom stereocenters. The molecule has 0 heterocycles. The maximum absolute atomic E-state index is 12.4. The molecule has 0 atom stereocenters. The normalized spacial score (nSPS) is 10.5. The molecule has 0 aliphatic rings. The fraction of sp³-hybridized carbons (Fsp3) is 0.0556. The Labute approximate surface area is 122 Å². The minimum Gasteiger partial charge on any atom is -0.506 e. The van der Waals surface area contributed by atoms with Crippen LogP contribution in [0.3, 0.4) is 0 Å². The number of benzene rings is 3. The van der Waals surface area contributed by atoms with E-state index in [-0.39, 0.29) is 17.2 Å². The van der Waals surface area contributed by atoms with Crippen LogP contribution in [0.1, 0.15) is 15.9 Å². The number of aromatic hydroxyl groups is 1. The SMILES string of the molecule is Cc1ccccc1NC(=O)c1ccc2ccccc2c1O. The van der Waals surface area contributed by atoms with E-state index in [9.17, 15) is 9.90 Å². The first-order valence-electron chi connectivity index (χ1n) is 6.74. The number of carbonyl (C=O) groups is 1. The van der Waals surface area contributed by atoms with Gasteiger partial charge in [-0.15, -0.1) is 0 Å². The maximum atomic E-state index is 12.4. The number of phenolic OH excluding ortho intramolecular Hbond substituents is 1. The average molecular weight is 277 g/mol. The standard InChI is InChI=1S/C18H15NO2/c1-12-6-2-5-9-16(12)19-18(21)15-11-10-13-7-3-4-8-14(13)17(15)20/h2-11,20H,1H3,(H,19,21). The first-order chi connectivity index (χ1) is 10.2. The van der Waals surface area contributed by atoms with E-state index < -0.39 is 0 Å². The van der Waals surface area contributed by atoms with Crippen molar-refractivity contribution in [1.29, 1.82) is 0 Å². The smallest absolute Gasteiger partial charge is 0.259 e. The number of hydrogen-bond acceptors (Lipinski definition) is 2. The van der Waals surface area contributed by atoms with Crippen LogP contribution in [0.25, 0.3) is 10.8 Å². The van der Waals surface area contributed by atoms with E-state index in [2.05, 4.69) is 5.32 Å². The highest BCUT2D eigenvalue weighted by atomic mass is 16.3. The highest BCUT2D eigenvalue weighted by molar-refractivity contribution is 6.10. The maximum Gasteiger partial charge on any atom is 0.259 e. The molecule has 0 saturated carbocycles. The number of hydrogen-bond donors (Lipinski definition) is 2. The zero-order chi connectivity index (χ0) is 14.8. The van der Waals surface area contributed by atoms with E-state index in [4.69, 9.17) is 0 Å². The van der Waals surface area contributed by atoms with Crippen molar-refractivity contribution in [3.63, 3.8) is 0 Å². The largest absolute Gasteiger partial charge is 0.506 e. The molecule has 21 heavy (non-hydrogen) atoms. The van der Waals surface area contributed by atoms with Crippen LogP contribution >= 0.6 is 0 Å². The molecular formula is C18H15NO2. The number of carbonyl (C=O) groups excluding carboxylic acids is 1. The molecule has 0 bridgehead atoms. The van der Waals surface area contributed by atoms with Crippen molar-refractivity contribution in [1.82, 2.24) is 0 Å². The van der Waals surface area contributed by atoms with Gasteiger partial charge in [-0.25, -0.2) is 0 Å². The van der Waals surface area contributed by atoms with E-state index in [0.717, 1.165) is 16.6 Å². The van der Waals surface area contributed by atoms with E-state index in [1.807, 2.05) is 55.5 Å². The average Bonchev–Trinajstić information content (AvgIpc) is 2.50.